The van der Waals surface area contributed by atoms with Crippen molar-refractivity contribution in [2.24, 2.45) is 5.41 Å². The van der Waals surface area contributed by atoms with E-state index in [4.69, 9.17) is 0 Å². The van der Waals surface area contributed by atoms with Crippen LogP contribution in [0.15, 0.2) is 36.4 Å². The van der Waals surface area contributed by atoms with Crippen LogP contribution in [0.2, 0.25) is 0 Å². The van der Waals surface area contributed by atoms with Gasteiger partial charge < -0.3 is 0 Å². The van der Waals surface area contributed by atoms with E-state index in [1.165, 1.54) is 11.6 Å². The number of rotatable bonds is 5. The minimum atomic E-state index is -2.79. The Balaban J connectivity index is 2.91. The fourth-order valence-electron chi connectivity index (χ4n) is 2.20. The maximum atomic E-state index is 13.5. The zero-order chi connectivity index (χ0) is 16.5. The van der Waals surface area contributed by atoms with E-state index >= 15 is 0 Å². The predicted molar refractivity (Wildman–Crippen MR) is 86.9 cm³/mol. The normalized spacial score (nSPS) is 13.3. The highest BCUT2D eigenvalue weighted by atomic mass is 19.3. The Morgan fingerprint density at radius 1 is 1.00 bits per heavy atom. The molecule has 0 amide bonds. The Morgan fingerprint density at radius 3 is 2.00 bits per heavy atom. The van der Waals surface area contributed by atoms with Gasteiger partial charge in [-0.1, -0.05) is 65.0 Å². The first-order valence-electron chi connectivity index (χ1n) is 7.51. The van der Waals surface area contributed by atoms with E-state index in [2.05, 4.69) is 41.2 Å². The number of hydrogen-bond donors (Lipinski definition) is 0. The number of alkyl halides is 2. The van der Waals surface area contributed by atoms with Crippen molar-refractivity contribution in [3.8, 4) is 0 Å². The van der Waals surface area contributed by atoms with Gasteiger partial charge in [0.05, 0.1) is 0 Å². The summed E-state index contributed by atoms with van der Waals surface area (Å²) in [7, 11) is 0. The van der Waals surface area contributed by atoms with Gasteiger partial charge in [-0.15, -0.1) is 0 Å². The average molecular weight is 294 g/mol. The van der Waals surface area contributed by atoms with Crippen molar-refractivity contribution in [3.63, 3.8) is 0 Å². The highest BCUT2D eigenvalue weighted by Gasteiger charge is 2.28. The first-order valence-corrected chi connectivity index (χ1v) is 7.51. The van der Waals surface area contributed by atoms with E-state index < -0.39 is 5.92 Å². The van der Waals surface area contributed by atoms with Crippen molar-refractivity contribution in [2.75, 3.05) is 0 Å². The number of benzene rings is 1. The Labute approximate surface area is 128 Å². The van der Waals surface area contributed by atoms with Crippen molar-refractivity contribution >= 4 is 0 Å². The second kappa shape index (κ2) is 5.90. The molecule has 0 bridgehead atoms. The smallest absolute Gasteiger partial charge is 0.202 e. The van der Waals surface area contributed by atoms with Gasteiger partial charge in [-0.2, -0.15) is 0 Å². The van der Waals surface area contributed by atoms with Gasteiger partial charge in [-0.25, -0.2) is 8.78 Å². The number of allylic oxidation sites excluding steroid dienone is 1. The molecule has 0 unspecified atom stereocenters. The quantitative estimate of drug-likeness (QED) is 0.547. The summed E-state index contributed by atoms with van der Waals surface area (Å²) in [5.41, 5.74) is 2.20. The fourth-order valence-corrected chi connectivity index (χ4v) is 2.20. The Morgan fingerprint density at radius 2 is 1.52 bits per heavy atom. The summed E-state index contributed by atoms with van der Waals surface area (Å²) in [4.78, 5) is 0. The van der Waals surface area contributed by atoms with Gasteiger partial charge in [-0.3, -0.25) is 0 Å². The van der Waals surface area contributed by atoms with E-state index in [1.54, 1.807) is 12.1 Å². The van der Waals surface area contributed by atoms with Crippen LogP contribution in [0.25, 0.3) is 0 Å². The van der Waals surface area contributed by atoms with Gasteiger partial charge in [0.2, 0.25) is 0 Å². The summed E-state index contributed by atoms with van der Waals surface area (Å²) in [6.07, 6.45) is 1.81. The molecule has 1 aromatic carbocycles. The zero-order valence-corrected chi connectivity index (χ0v) is 14.2. The van der Waals surface area contributed by atoms with Crippen LogP contribution in [0.5, 0.6) is 0 Å². The van der Waals surface area contributed by atoms with Crippen LogP contribution < -0.4 is 0 Å². The molecule has 0 spiro atoms. The standard InChI is InChI=1S/C19H28F2/c1-14(17(2,3)4)11-12-18(5,6)15-9-8-10-16(13-15)19(7,20)21/h8-10,13H,1,11-12H2,2-7H3. The maximum Gasteiger partial charge on any atom is 0.270 e. The SMILES string of the molecule is C=C(CCC(C)(C)c1cccc(C(C)(F)F)c1)C(C)(C)C. The Hall–Kier alpha value is -1.18. The molecule has 0 nitrogen and oxygen atoms in total. The lowest BCUT2D eigenvalue weighted by atomic mass is 9.76. The van der Waals surface area contributed by atoms with E-state index in [0.717, 1.165) is 25.3 Å². The molecular weight excluding hydrogens is 266 g/mol. The first kappa shape index (κ1) is 17.9. The summed E-state index contributed by atoms with van der Waals surface area (Å²) in [5, 5.41) is 0. The molecule has 21 heavy (non-hydrogen) atoms. The van der Waals surface area contributed by atoms with Crippen LogP contribution in [0.3, 0.4) is 0 Å². The third-order valence-corrected chi connectivity index (χ3v) is 4.26. The van der Waals surface area contributed by atoms with Gasteiger partial charge >= 0.3 is 0 Å². The lowest BCUT2D eigenvalue weighted by Crippen LogP contribution is -2.20. The van der Waals surface area contributed by atoms with Gasteiger partial charge in [-0.05, 0) is 35.3 Å². The molecule has 0 N–H and O–H groups in total. The highest BCUT2D eigenvalue weighted by Crippen LogP contribution is 2.36. The number of halogens is 2. The molecule has 0 saturated heterocycles. The Kier molecular flexibility index (Phi) is 5.02. The molecule has 0 atom stereocenters. The summed E-state index contributed by atoms with van der Waals surface area (Å²) < 4.78 is 27.0. The lowest BCUT2D eigenvalue weighted by Gasteiger charge is -2.29. The zero-order valence-electron chi connectivity index (χ0n) is 14.2. The summed E-state index contributed by atoms with van der Waals surface area (Å²) in [6, 6.07) is 6.80. The summed E-state index contributed by atoms with van der Waals surface area (Å²) >= 11 is 0. The molecule has 0 heterocycles. The van der Waals surface area contributed by atoms with Gasteiger partial charge in [0.15, 0.2) is 0 Å². The maximum absolute atomic E-state index is 13.5. The van der Waals surface area contributed by atoms with E-state index in [0.29, 0.717) is 0 Å². The molecular formula is C19H28F2. The molecule has 0 aromatic heterocycles. The van der Waals surface area contributed by atoms with Crippen molar-refractivity contribution in [1.29, 1.82) is 0 Å². The average Bonchev–Trinajstić information content (AvgIpc) is 2.34. The molecule has 0 aliphatic rings. The predicted octanol–water partition coefficient (Wildman–Crippen LogP) is 6.46. The number of hydrogen-bond acceptors (Lipinski definition) is 0. The Bertz CT molecular complexity index is 499. The topological polar surface area (TPSA) is 0 Å². The van der Waals surface area contributed by atoms with E-state index in [-0.39, 0.29) is 16.4 Å². The van der Waals surface area contributed by atoms with Crippen LogP contribution in [-0.2, 0) is 11.3 Å². The highest BCUT2D eigenvalue weighted by molar-refractivity contribution is 5.31. The minimum Gasteiger partial charge on any atom is -0.202 e. The summed E-state index contributed by atoms with van der Waals surface area (Å²) in [6.45, 7) is 15.8. The third-order valence-electron chi connectivity index (χ3n) is 4.26. The largest absolute Gasteiger partial charge is 0.270 e. The van der Waals surface area contributed by atoms with Crippen molar-refractivity contribution in [2.45, 2.75) is 65.7 Å². The van der Waals surface area contributed by atoms with Crippen LogP contribution in [-0.4, -0.2) is 0 Å². The molecule has 118 valence electrons. The molecule has 0 aliphatic carbocycles. The van der Waals surface area contributed by atoms with Crippen molar-refractivity contribution < 1.29 is 8.78 Å². The summed E-state index contributed by atoms with van der Waals surface area (Å²) in [5.74, 6) is -2.79. The molecule has 0 aliphatic heterocycles. The molecule has 2 heteroatoms. The van der Waals surface area contributed by atoms with Crippen LogP contribution >= 0.6 is 0 Å². The monoisotopic (exact) mass is 294 g/mol. The van der Waals surface area contributed by atoms with Gasteiger partial charge in [0.25, 0.3) is 5.92 Å². The third kappa shape index (κ3) is 4.94. The fraction of sp³-hybridized carbons (Fsp3) is 0.579. The second-order valence-electron chi connectivity index (χ2n) is 7.71. The molecule has 0 fully saturated rings. The van der Waals surface area contributed by atoms with E-state index in [1.807, 2.05) is 6.07 Å². The van der Waals surface area contributed by atoms with Gasteiger partial charge in [0.1, 0.15) is 0 Å². The molecule has 0 radical (unpaired) electrons. The molecule has 0 saturated carbocycles. The molecule has 1 rings (SSSR count). The van der Waals surface area contributed by atoms with Crippen LogP contribution in [0.4, 0.5) is 8.78 Å². The first-order chi connectivity index (χ1) is 9.34. The lowest BCUT2D eigenvalue weighted by molar-refractivity contribution is 0.0173. The van der Waals surface area contributed by atoms with Crippen LogP contribution in [0.1, 0.15) is 65.5 Å². The van der Waals surface area contributed by atoms with Crippen molar-refractivity contribution in [3.05, 3.63) is 47.5 Å². The van der Waals surface area contributed by atoms with Crippen molar-refractivity contribution in [1.82, 2.24) is 0 Å². The van der Waals surface area contributed by atoms with Gasteiger partial charge in [0, 0.05) is 12.5 Å². The minimum absolute atomic E-state index is 0.0859. The van der Waals surface area contributed by atoms with E-state index in [9.17, 15) is 8.78 Å². The molecule has 1 aromatic rings. The second-order valence-corrected chi connectivity index (χ2v) is 7.71. The van der Waals surface area contributed by atoms with Crippen LogP contribution in [0, 0.1) is 5.41 Å².